The smallest absolute Gasteiger partial charge is 0.195 e. The third-order valence-electron chi connectivity index (χ3n) is 3.51. The number of carbonyl (C=O) groups is 1. The van der Waals surface area contributed by atoms with Crippen molar-refractivity contribution in [2.24, 2.45) is 0 Å². The van der Waals surface area contributed by atoms with Crippen LogP contribution in [0.2, 0.25) is 0 Å². The van der Waals surface area contributed by atoms with Gasteiger partial charge in [-0.3, -0.25) is 4.79 Å². The second-order valence-corrected chi connectivity index (χ2v) is 5.27. The van der Waals surface area contributed by atoms with Crippen molar-refractivity contribution >= 4 is 40.1 Å². The zero-order valence-corrected chi connectivity index (χ0v) is 14.8. The number of rotatable bonds is 6. The van der Waals surface area contributed by atoms with E-state index in [1.54, 1.807) is 62.8 Å². The summed E-state index contributed by atoms with van der Waals surface area (Å²) in [4.78, 5) is 12.8. The van der Waals surface area contributed by atoms with Crippen LogP contribution in [0.15, 0.2) is 59.6 Å². The Morgan fingerprint density at radius 1 is 0.750 bits per heavy atom. The average Bonchev–Trinajstić information content (AvgIpc) is 2.64. The number of halogens is 2. The minimum Gasteiger partial charge on any atom is -0.497 e. The standard InChI is InChI=1S/C19H16Cl2O3/c1-23-15-7-3-13(4-8-15)17(11-20)19(22)18(12-21)14-5-9-16(24-2)10-6-14/h3-12H,1-2H3/b17-11+,18-12+. The SMILES string of the molecule is COc1ccc(/C(=C\Cl)C(=O)/C(=C/Cl)c2ccc(OC)cc2)cc1. The molecule has 2 aromatic rings. The van der Waals surface area contributed by atoms with Crippen LogP contribution < -0.4 is 9.47 Å². The molecule has 0 atom stereocenters. The number of hydrogen-bond acceptors (Lipinski definition) is 3. The van der Waals surface area contributed by atoms with Crippen LogP contribution in [0.4, 0.5) is 0 Å². The molecule has 0 radical (unpaired) electrons. The van der Waals surface area contributed by atoms with Crippen molar-refractivity contribution in [3.05, 3.63) is 70.7 Å². The van der Waals surface area contributed by atoms with Gasteiger partial charge in [0, 0.05) is 22.2 Å². The molecule has 0 saturated carbocycles. The van der Waals surface area contributed by atoms with Crippen molar-refractivity contribution in [3.63, 3.8) is 0 Å². The van der Waals surface area contributed by atoms with Crippen LogP contribution in [0, 0.1) is 0 Å². The second-order valence-electron chi connectivity index (χ2n) is 4.83. The van der Waals surface area contributed by atoms with Gasteiger partial charge in [-0.05, 0) is 35.4 Å². The summed E-state index contributed by atoms with van der Waals surface area (Å²) in [5.74, 6) is 1.13. The van der Waals surface area contributed by atoms with Gasteiger partial charge in [-0.1, -0.05) is 47.5 Å². The molecule has 0 spiro atoms. The summed E-state index contributed by atoms with van der Waals surface area (Å²) < 4.78 is 10.2. The van der Waals surface area contributed by atoms with Crippen molar-refractivity contribution in [2.75, 3.05) is 14.2 Å². The highest BCUT2D eigenvalue weighted by molar-refractivity contribution is 6.49. The molecule has 0 heterocycles. The summed E-state index contributed by atoms with van der Waals surface area (Å²) in [6.45, 7) is 0. The molecule has 0 N–H and O–H groups in total. The van der Waals surface area contributed by atoms with Gasteiger partial charge in [0.05, 0.1) is 14.2 Å². The number of allylic oxidation sites excluding steroid dienone is 2. The van der Waals surface area contributed by atoms with E-state index in [1.165, 1.54) is 11.1 Å². The molecule has 0 amide bonds. The molecular formula is C19H16Cl2O3. The minimum atomic E-state index is -0.268. The minimum absolute atomic E-state index is 0.268. The quantitative estimate of drug-likeness (QED) is 0.668. The number of ketones is 1. The fraction of sp³-hybridized carbons (Fsp3) is 0.105. The topological polar surface area (TPSA) is 35.5 Å². The third-order valence-corrected chi connectivity index (χ3v) is 3.95. The van der Waals surface area contributed by atoms with E-state index in [-0.39, 0.29) is 5.78 Å². The second kappa shape index (κ2) is 8.57. The van der Waals surface area contributed by atoms with Crippen molar-refractivity contribution < 1.29 is 14.3 Å². The number of carbonyl (C=O) groups excluding carboxylic acids is 1. The van der Waals surface area contributed by atoms with Crippen LogP contribution in [0.3, 0.4) is 0 Å². The van der Waals surface area contributed by atoms with Crippen molar-refractivity contribution in [3.8, 4) is 11.5 Å². The predicted octanol–water partition coefficient (Wildman–Crippen LogP) is 5.13. The summed E-state index contributed by atoms with van der Waals surface area (Å²) in [6, 6.07) is 14.1. The predicted molar refractivity (Wildman–Crippen MR) is 98.7 cm³/mol. The Morgan fingerprint density at radius 3 is 1.33 bits per heavy atom. The highest BCUT2D eigenvalue weighted by atomic mass is 35.5. The van der Waals surface area contributed by atoms with E-state index in [0.717, 1.165) is 0 Å². The Bertz CT molecular complexity index is 695. The maximum absolute atomic E-state index is 12.8. The molecule has 0 aromatic heterocycles. The van der Waals surface area contributed by atoms with Gasteiger partial charge in [0.25, 0.3) is 0 Å². The number of hydrogen-bond donors (Lipinski definition) is 0. The maximum atomic E-state index is 12.8. The van der Waals surface area contributed by atoms with E-state index >= 15 is 0 Å². The summed E-state index contributed by atoms with van der Waals surface area (Å²) in [5, 5.41) is 0. The molecule has 0 aliphatic heterocycles. The fourth-order valence-corrected chi connectivity index (χ4v) is 2.62. The number of methoxy groups -OCH3 is 2. The monoisotopic (exact) mass is 362 g/mol. The first-order valence-corrected chi connectivity index (χ1v) is 7.96. The summed E-state index contributed by atoms with van der Waals surface area (Å²) >= 11 is 11.8. The van der Waals surface area contributed by atoms with Crippen LogP contribution in [0.5, 0.6) is 11.5 Å². The van der Waals surface area contributed by atoms with E-state index < -0.39 is 0 Å². The summed E-state index contributed by atoms with van der Waals surface area (Å²) in [7, 11) is 3.16. The Hall–Kier alpha value is -2.23. The van der Waals surface area contributed by atoms with Gasteiger partial charge in [-0.15, -0.1) is 0 Å². The number of benzene rings is 2. The van der Waals surface area contributed by atoms with Gasteiger partial charge in [-0.2, -0.15) is 0 Å². The normalized spacial score (nSPS) is 12.0. The lowest BCUT2D eigenvalue weighted by Crippen LogP contribution is -2.05. The first-order valence-electron chi connectivity index (χ1n) is 7.09. The van der Waals surface area contributed by atoms with E-state index in [0.29, 0.717) is 33.8 Å². The first kappa shape index (κ1) is 18.1. The lowest BCUT2D eigenvalue weighted by molar-refractivity contribution is -0.108. The Balaban J connectivity index is 2.34. The van der Waals surface area contributed by atoms with E-state index in [1.807, 2.05) is 0 Å². The van der Waals surface area contributed by atoms with Gasteiger partial charge >= 0.3 is 0 Å². The summed E-state index contributed by atoms with van der Waals surface area (Å²) in [5.41, 5.74) is 4.58. The molecule has 2 rings (SSSR count). The van der Waals surface area contributed by atoms with E-state index in [2.05, 4.69) is 0 Å². The zero-order chi connectivity index (χ0) is 17.5. The average molecular weight is 363 g/mol. The molecule has 0 aliphatic rings. The molecule has 0 aliphatic carbocycles. The molecule has 5 heteroatoms. The molecule has 0 saturated heterocycles. The van der Waals surface area contributed by atoms with Gasteiger partial charge in [0.1, 0.15) is 11.5 Å². The molecular weight excluding hydrogens is 347 g/mol. The van der Waals surface area contributed by atoms with E-state index in [9.17, 15) is 4.79 Å². The number of Topliss-reactive ketones (excluding diaryl/α,β-unsaturated/α-hetero) is 1. The molecule has 0 fully saturated rings. The number of ether oxygens (including phenoxy) is 2. The van der Waals surface area contributed by atoms with Gasteiger partial charge in [-0.25, -0.2) is 0 Å². The third kappa shape index (κ3) is 3.99. The van der Waals surface area contributed by atoms with Crippen LogP contribution in [-0.2, 0) is 4.79 Å². The molecule has 24 heavy (non-hydrogen) atoms. The van der Waals surface area contributed by atoms with Gasteiger partial charge in [0.15, 0.2) is 5.78 Å². The van der Waals surface area contributed by atoms with E-state index in [4.69, 9.17) is 32.7 Å². The van der Waals surface area contributed by atoms with Gasteiger partial charge in [0.2, 0.25) is 0 Å². The maximum Gasteiger partial charge on any atom is 0.195 e. The Morgan fingerprint density at radius 2 is 1.08 bits per heavy atom. The Labute approximate surface area is 151 Å². The van der Waals surface area contributed by atoms with Crippen LogP contribution in [0.25, 0.3) is 11.1 Å². The highest BCUT2D eigenvalue weighted by Crippen LogP contribution is 2.28. The largest absolute Gasteiger partial charge is 0.497 e. The molecule has 2 aromatic carbocycles. The van der Waals surface area contributed by atoms with Crippen LogP contribution in [0.1, 0.15) is 11.1 Å². The lowest BCUT2D eigenvalue weighted by atomic mass is 9.94. The molecule has 124 valence electrons. The summed E-state index contributed by atoms with van der Waals surface area (Å²) in [6.07, 6.45) is 0. The van der Waals surface area contributed by atoms with Crippen molar-refractivity contribution in [1.29, 1.82) is 0 Å². The van der Waals surface area contributed by atoms with Crippen molar-refractivity contribution in [2.45, 2.75) is 0 Å². The zero-order valence-electron chi connectivity index (χ0n) is 13.3. The molecule has 3 nitrogen and oxygen atoms in total. The van der Waals surface area contributed by atoms with Crippen LogP contribution in [-0.4, -0.2) is 20.0 Å². The van der Waals surface area contributed by atoms with Crippen LogP contribution >= 0.6 is 23.2 Å². The van der Waals surface area contributed by atoms with Gasteiger partial charge < -0.3 is 9.47 Å². The molecule has 0 unspecified atom stereocenters. The van der Waals surface area contributed by atoms with Crippen molar-refractivity contribution in [1.82, 2.24) is 0 Å². The lowest BCUT2D eigenvalue weighted by Gasteiger charge is -2.10. The Kier molecular flexibility index (Phi) is 6.47. The fourth-order valence-electron chi connectivity index (χ4n) is 2.17. The molecule has 0 bridgehead atoms. The highest BCUT2D eigenvalue weighted by Gasteiger charge is 2.18. The first-order chi connectivity index (χ1) is 11.6.